The molecule has 0 atom stereocenters. The number of benzene rings is 1. The van der Waals surface area contributed by atoms with Gasteiger partial charge < -0.3 is 19.7 Å². The molecule has 2 aromatic rings. The highest BCUT2D eigenvalue weighted by atomic mass is 32.2. The zero-order valence-electron chi connectivity index (χ0n) is 20.1. The maximum Gasteiger partial charge on any atom is 0.410 e. The summed E-state index contributed by atoms with van der Waals surface area (Å²) >= 11 is 1.56. The first-order chi connectivity index (χ1) is 15.8. The highest BCUT2D eigenvalue weighted by molar-refractivity contribution is 7.90. The predicted molar refractivity (Wildman–Crippen MR) is 130 cm³/mol. The van der Waals surface area contributed by atoms with Crippen molar-refractivity contribution in [1.82, 2.24) is 9.88 Å². The molecule has 11 heteroatoms. The van der Waals surface area contributed by atoms with Gasteiger partial charge in [-0.25, -0.2) is 18.2 Å². The lowest BCUT2D eigenvalue weighted by Gasteiger charge is -2.32. The molecule has 0 radical (unpaired) electrons. The Morgan fingerprint density at radius 3 is 2.50 bits per heavy atom. The van der Waals surface area contributed by atoms with E-state index in [-0.39, 0.29) is 29.4 Å². The summed E-state index contributed by atoms with van der Waals surface area (Å²) in [6, 6.07) is 4.36. The summed E-state index contributed by atoms with van der Waals surface area (Å²) in [5, 5.41) is 5.54. The van der Waals surface area contributed by atoms with Crippen LogP contribution in [0.25, 0.3) is 0 Å². The molecule has 2 amide bonds. The molecule has 1 saturated heterocycles. The van der Waals surface area contributed by atoms with Crippen LogP contribution < -0.4 is 10.1 Å². The summed E-state index contributed by atoms with van der Waals surface area (Å²) in [7, 11) is -3.42. The van der Waals surface area contributed by atoms with Gasteiger partial charge in [-0.2, -0.15) is 0 Å². The molecular weight excluding hydrogens is 478 g/mol. The topological polar surface area (TPSA) is 115 Å². The Balaban J connectivity index is 1.61. The highest BCUT2D eigenvalue weighted by Gasteiger charge is 2.28. The summed E-state index contributed by atoms with van der Waals surface area (Å²) in [6.07, 6.45) is 2.45. The average molecular weight is 510 g/mol. The molecule has 1 aliphatic heterocycles. The van der Waals surface area contributed by atoms with E-state index in [9.17, 15) is 18.0 Å². The van der Waals surface area contributed by atoms with Crippen molar-refractivity contribution in [2.75, 3.05) is 24.7 Å². The van der Waals surface area contributed by atoms with Crippen LogP contribution in [0.5, 0.6) is 5.75 Å². The highest BCUT2D eigenvalue weighted by Crippen LogP contribution is 2.32. The molecule has 1 aliphatic rings. The van der Waals surface area contributed by atoms with Crippen LogP contribution in [0.15, 0.2) is 28.5 Å². The fourth-order valence-corrected chi connectivity index (χ4v) is 5.14. The SMILES string of the molecule is CC(=O)Nc1cc(S(C)(=O)=O)ccc1OCc1csc(C2CCN(C(=O)OC(C)(C)C)CC2)n1. The molecule has 1 aromatic heterocycles. The number of hydrogen-bond donors (Lipinski definition) is 1. The summed E-state index contributed by atoms with van der Waals surface area (Å²) in [5.41, 5.74) is 0.527. The van der Waals surface area contributed by atoms with Crippen LogP contribution in [0.1, 0.15) is 57.2 Å². The molecule has 0 bridgehead atoms. The Hall–Kier alpha value is -2.66. The number of aromatic nitrogens is 1. The van der Waals surface area contributed by atoms with E-state index in [1.54, 1.807) is 16.2 Å². The second-order valence-electron chi connectivity index (χ2n) is 9.32. The quantitative estimate of drug-likeness (QED) is 0.621. The lowest BCUT2D eigenvalue weighted by molar-refractivity contribution is -0.114. The van der Waals surface area contributed by atoms with Crippen molar-refractivity contribution in [3.8, 4) is 5.75 Å². The Morgan fingerprint density at radius 2 is 1.91 bits per heavy atom. The van der Waals surface area contributed by atoms with E-state index in [2.05, 4.69) is 5.32 Å². The molecule has 0 spiro atoms. The summed E-state index contributed by atoms with van der Waals surface area (Å²) < 4.78 is 35.0. The van der Waals surface area contributed by atoms with Crippen LogP contribution in [0.2, 0.25) is 0 Å². The summed E-state index contributed by atoms with van der Waals surface area (Å²) in [5.74, 6) is 0.299. The molecule has 2 heterocycles. The number of nitrogens with zero attached hydrogens (tertiary/aromatic N) is 2. The average Bonchev–Trinajstić information content (AvgIpc) is 3.19. The monoisotopic (exact) mass is 509 g/mol. The maximum absolute atomic E-state index is 12.3. The fourth-order valence-electron chi connectivity index (χ4n) is 3.52. The number of ether oxygens (including phenoxy) is 2. The van der Waals surface area contributed by atoms with Gasteiger partial charge in [-0.15, -0.1) is 11.3 Å². The van der Waals surface area contributed by atoms with Crippen LogP contribution in [0, 0.1) is 0 Å². The Kier molecular flexibility index (Phi) is 7.87. The van der Waals surface area contributed by atoms with Gasteiger partial charge >= 0.3 is 6.09 Å². The zero-order chi connectivity index (χ0) is 25.1. The minimum atomic E-state index is -3.42. The molecule has 0 unspecified atom stereocenters. The molecule has 9 nitrogen and oxygen atoms in total. The van der Waals surface area contributed by atoms with Crippen molar-refractivity contribution < 1.29 is 27.5 Å². The number of carbonyl (C=O) groups excluding carboxylic acids is 2. The Labute approximate surface area is 204 Å². The molecule has 1 N–H and O–H groups in total. The van der Waals surface area contributed by atoms with Crippen LogP contribution in [-0.4, -0.2) is 55.2 Å². The van der Waals surface area contributed by atoms with Gasteiger partial charge in [0.1, 0.15) is 18.0 Å². The lowest BCUT2D eigenvalue weighted by atomic mass is 9.98. The molecule has 0 aliphatic carbocycles. The second kappa shape index (κ2) is 10.3. The number of rotatable bonds is 6. The lowest BCUT2D eigenvalue weighted by Crippen LogP contribution is -2.41. The zero-order valence-corrected chi connectivity index (χ0v) is 21.7. The molecule has 34 heavy (non-hydrogen) atoms. The third-order valence-corrected chi connectivity index (χ3v) is 7.30. The summed E-state index contributed by atoms with van der Waals surface area (Å²) in [6.45, 7) is 8.34. The largest absolute Gasteiger partial charge is 0.485 e. The van der Waals surface area contributed by atoms with Gasteiger partial charge in [0, 0.05) is 37.6 Å². The normalized spacial score (nSPS) is 15.1. The molecule has 1 fully saturated rings. The van der Waals surface area contributed by atoms with Crippen molar-refractivity contribution in [1.29, 1.82) is 0 Å². The van der Waals surface area contributed by atoms with Crippen LogP contribution in [0.3, 0.4) is 0 Å². The van der Waals surface area contributed by atoms with E-state index < -0.39 is 15.4 Å². The minimum absolute atomic E-state index is 0.0947. The first kappa shape index (κ1) is 26.0. The van der Waals surface area contributed by atoms with E-state index in [0.29, 0.717) is 24.5 Å². The van der Waals surface area contributed by atoms with E-state index in [0.717, 1.165) is 29.8 Å². The predicted octanol–water partition coefficient (Wildman–Crippen LogP) is 4.20. The molecule has 0 saturated carbocycles. The second-order valence-corrected chi connectivity index (χ2v) is 12.2. The third-order valence-electron chi connectivity index (χ3n) is 5.13. The number of hydrogen-bond acceptors (Lipinski definition) is 8. The third kappa shape index (κ3) is 7.17. The van der Waals surface area contributed by atoms with Crippen LogP contribution in [0.4, 0.5) is 10.5 Å². The van der Waals surface area contributed by atoms with Gasteiger partial charge in [0.05, 0.1) is 21.3 Å². The molecule has 3 rings (SSSR count). The Morgan fingerprint density at radius 1 is 1.24 bits per heavy atom. The number of likely N-dealkylation sites (tertiary alicyclic amines) is 1. The van der Waals surface area contributed by atoms with Gasteiger partial charge in [-0.3, -0.25) is 4.79 Å². The van der Waals surface area contributed by atoms with Gasteiger partial charge in [0.25, 0.3) is 0 Å². The molecule has 186 valence electrons. The molecule has 1 aromatic carbocycles. The van der Waals surface area contributed by atoms with Crippen molar-refractivity contribution >= 4 is 38.9 Å². The van der Waals surface area contributed by atoms with Gasteiger partial charge in [-0.1, -0.05) is 0 Å². The van der Waals surface area contributed by atoms with Crippen LogP contribution >= 0.6 is 11.3 Å². The van der Waals surface area contributed by atoms with E-state index >= 15 is 0 Å². The van der Waals surface area contributed by atoms with E-state index in [1.165, 1.54) is 25.1 Å². The number of sulfone groups is 1. The fraction of sp³-hybridized carbons (Fsp3) is 0.522. The number of carbonyl (C=O) groups is 2. The standard InChI is InChI=1S/C23H31N3O6S2/c1-15(27)24-19-12-18(34(5,29)30)6-7-20(19)31-13-17-14-33-21(25-17)16-8-10-26(11-9-16)22(28)32-23(2,3)4/h6-7,12,14,16H,8-11,13H2,1-5H3,(H,24,27). The van der Waals surface area contributed by atoms with Gasteiger partial charge in [0.2, 0.25) is 5.91 Å². The van der Waals surface area contributed by atoms with Crippen molar-refractivity contribution in [2.24, 2.45) is 0 Å². The van der Waals surface area contributed by atoms with E-state index in [1.807, 2.05) is 26.2 Å². The van der Waals surface area contributed by atoms with Crippen molar-refractivity contribution in [2.45, 2.75) is 63.6 Å². The first-order valence-electron chi connectivity index (χ1n) is 11.0. The number of amides is 2. The summed E-state index contributed by atoms with van der Waals surface area (Å²) in [4.78, 5) is 30.4. The number of piperidine rings is 1. The van der Waals surface area contributed by atoms with E-state index in [4.69, 9.17) is 14.5 Å². The van der Waals surface area contributed by atoms with Crippen molar-refractivity contribution in [3.63, 3.8) is 0 Å². The molecular formula is C23H31N3O6S2. The minimum Gasteiger partial charge on any atom is -0.485 e. The smallest absolute Gasteiger partial charge is 0.410 e. The van der Waals surface area contributed by atoms with Crippen molar-refractivity contribution in [3.05, 3.63) is 34.3 Å². The van der Waals surface area contributed by atoms with Gasteiger partial charge in [-0.05, 0) is 51.8 Å². The number of nitrogens with one attached hydrogen (secondary N) is 1. The Bertz CT molecular complexity index is 1150. The number of anilines is 1. The maximum atomic E-state index is 12.3. The van der Waals surface area contributed by atoms with Gasteiger partial charge in [0.15, 0.2) is 9.84 Å². The van der Waals surface area contributed by atoms with Crippen LogP contribution in [-0.2, 0) is 26.0 Å². The number of thiazole rings is 1. The first-order valence-corrected chi connectivity index (χ1v) is 13.8.